The molecule has 0 fully saturated rings. The smallest absolute Gasteiger partial charge is 0.255 e. The maximum Gasteiger partial charge on any atom is 0.255 e. The number of carbonyl (C=O) groups excluding carboxylic acids is 1. The Morgan fingerprint density at radius 3 is 2.66 bits per heavy atom. The van der Waals surface area contributed by atoms with Crippen molar-refractivity contribution in [3.63, 3.8) is 0 Å². The van der Waals surface area contributed by atoms with Crippen LogP contribution >= 0.6 is 0 Å². The van der Waals surface area contributed by atoms with E-state index in [0.29, 0.717) is 46.4 Å². The van der Waals surface area contributed by atoms with E-state index in [1.54, 1.807) is 37.6 Å². The summed E-state index contributed by atoms with van der Waals surface area (Å²) in [5, 5.41) is 6.16. The summed E-state index contributed by atoms with van der Waals surface area (Å²) in [6.45, 7) is 2.43. The number of rotatable bonds is 10. The fourth-order valence-corrected chi connectivity index (χ4v) is 3.75. The summed E-state index contributed by atoms with van der Waals surface area (Å²) >= 11 is 0. The molecule has 182 valence electrons. The fraction of sp³-hybridized carbons (Fsp3) is 0.269. The van der Waals surface area contributed by atoms with Crippen molar-refractivity contribution in [2.75, 3.05) is 46.7 Å². The van der Waals surface area contributed by atoms with Crippen LogP contribution in [0.2, 0.25) is 0 Å². The summed E-state index contributed by atoms with van der Waals surface area (Å²) in [6, 6.07) is 14.5. The van der Waals surface area contributed by atoms with Crippen molar-refractivity contribution in [3.05, 3.63) is 65.9 Å². The van der Waals surface area contributed by atoms with Gasteiger partial charge >= 0.3 is 0 Å². The third-order valence-corrected chi connectivity index (χ3v) is 5.50. The molecule has 9 heteroatoms. The van der Waals surface area contributed by atoms with Gasteiger partial charge in [0, 0.05) is 42.6 Å². The molecule has 0 atom stereocenters. The number of fused-ring (bicyclic) bond motifs is 1. The van der Waals surface area contributed by atoms with Crippen LogP contribution in [0.5, 0.6) is 11.5 Å². The molecule has 2 aromatic carbocycles. The van der Waals surface area contributed by atoms with Crippen LogP contribution in [0.15, 0.2) is 59.1 Å². The first-order chi connectivity index (χ1) is 17.0. The van der Waals surface area contributed by atoms with Gasteiger partial charge in [-0.2, -0.15) is 4.98 Å². The van der Waals surface area contributed by atoms with Crippen LogP contribution in [0.4, 0.5) is 5.69 Å². The van der Waals surface area contributed by atoms with E-state index in [4.69, 9.17) is 13.9 Å². The third-order valence-electron chi connectivity index (χ3n) is 5.50. The molecule has 4 aromatic rings. The number of hydrogen-bond donors (Lipinski definition) is 2. The van der Waals surface area contributed by atoms with Crippen LogP contribution < -0.4 is 20.1 Å². The molecular weight excluding hydrogens is 446 g/mol. The summed E-state index contributed by atoms with van der Waals surface area (Å²) in [4.78, 5) is 24.1. The Hall–Kier alpha value is -3.95. The predicted octanol–water partition coefficient (Wildman–Crippen LogP) is 3.81. The van der Waals surface area contributed by atoms with Gasteiger partial charge in [-0.25, -0.2) is 4.98 Å². The first-order valence-corrected chi connectivity index (χ1v) is 11.2. The number of nitrogens with zero attached hydrogens (tertiary/aromatic N) is 3. The van der Waals surface area contributed by atoms with Crippen molar-refractivity contribution in [3.8, 4) is 23.0 Å². The van der Waals surface area contributed by atoms with E-state index in [9.17, 15) is 4.79 Å². The lowest BCUT2D eigenvalue weighted by Gasteiger charge is -2.18. The molecule has 0 spiro atoms. The lowest BCUT2D eigenvalue weighted by Crippen LogP contribution is -2.27. The second-order valence-electron chi connectivity index (χ2n) is 8.13. The topological polar surface area (TPSA) is 102 Å². The molecule has 35 heavy (non-hydrogen) atoms. The van der Waals surface area contributed by atoms with Crippen molar-refractivity contribution in [2.24, 2.45) is 0 Å². The Morgan fingerprint density at radius 2 is 1.91 bits per heavy atom. The third kappa shape index (κ3) is 5.76. The van der Waals surface area contributed by atoms with Gasteiger partial charge in [0.05, 0.1) is 14.2 Å². The molecule has 9 nitrogen and oxygen atoms in total. The van der Waals surface area contributed by atoms with Crippen molar-refractivity contribution >= 4 is 22.8 Å². The molecule has 0 saturated heterocycles. The summed E-state index contributed by atoms with van der Waals surface area (Å²) in [5.41, 5.74) is 4.00. The second-order valence-corrected chi connectivity index (χ2v) is 8.13. The Balaban J connectivity index is 1.66. The van der Waals surface area contributed by atoms with Gasteiger partial charge in [-0.1, -0.05) is 0 Å². The van der Waals surface area contributed by atoms with E-state index in [0.717, 1.165) is 24.2 Å². The van der Waals surface area contributed by atoms with Gasteiger partial charge in [0.1, 0.15) is 0 Å². The van der Waals surface area contributed by atoms with Gasteiger partial charge in [-0.15, -0.1) is 0 Å². The minimum Gasteiger partial charge on any atom is -0.493 e. The number of oxazole rings is 1. The fourth-order valence-electron chi connectivity index (χ4n) is 3.75. The van der Waals surface area contributed by atoms with Gasteiger partial charge in [-0.05, 0) is 68.2 Å². The highest BCUT2D eigenvalue weighted by atomic mass is 16.5. The molecule has 4 rings (SSSR count). The van der Waals surface area contributed by atoms with E-state index in [2.05, 4.69) is 32.5 Å². The second kappa shape index (κ2) is 11.0. The molecule has 0 bridgehead atoms. The van der Waals surface area contributed by atoms with Crippen LogP contribution in [0.1, 0.15) is 15.9 Å². The largest absolute Gasteiger partial charge is 0.493 e. The summed E-state index contributed by atoms with van der Waals surface area (Å²) < 4.78 is 16.5. The number of likely N-dealkylation sites (N-methyl/N-ethyl adjacent to an activating group) is 2. The van der Waals surface area contributed by atoms with Crippen LogP contribution in [0, 0.1) is 0 Å². The zero-order chi connectivity index (χ0) is 24.8. The molecule has 0 aliphatic heterocycles. The Labute approximate surface area is 204 Å². The molecule has 1 amide bonds. The predicted molar refractivity (Wildman–Crippen MR) is 135 cm³/mol. The highest BCUT2D eigenvalue weighted by Crippen LogP contribution is 2.30. The highest BCUT2D eigenvalue weighted by molar-refractivity contribution is 6.05. The number of aromatic nitrogens is 2. The van der Waals surface area contributed by atoms with Crippen LogP contribution in [-0.2, 0) is 6.54 Å². The van der Waals surface area contributed by atoms with Crippen LogP contribution in [-0.4, -0.2) is 62.2 Å². The van der Waals surface area contributed by atoms with Gasteiger partial charge < -0.3 is 29.4 Å². The lowest BCUT2D eigenvalue weighted by atomic mass is 10.1. The van der Waals surface area contributed by atoms with Gasteiger partial charge in [-0.3, -0.25) is 4.79 Å². The Bertz CT molecular complexity index is 1290. The van der Waals surface area contributed by atoms with E-state index < -0.39 is 0 Å². The molecule has 2 heterocycles. The SMILES string of the molecule is CNCCN(C)Cc1cc(NC(=O)c2ccc(OC)c(OC)c2)cc(-c2nc3ncccc3o2)c1. The van der Waals surface area contributed by atoms with E-state index in [1.807, 2.05) is 31.3 Å². The molecule has 2 N–H and O–H groups in total. The number of methoxy groups -OCH3 is 2. The quantitative estimate of drug-likeness (QED) is 0.357. The number of pyridine rings is 1. The average Bonchev–Trinajstić information content (AvgIpc) is 3.31. The van der Waals surface area contributed by atoms with E-state index >= 15 is 0 Å². The Kier molecular flexibility index (Phi) is 7.59. The minimum atomic E-state index is -0.267. The molecule has 0 unspecified atom stereocenters. The molecule has 0 aliphatic rings. The molecule has 2 aromatic heterocycles. The summed E-state index contributed by atoms with van der Waals surface area (Å²) in [5.74, 6) is 1.22. The summed E-state index contributed by atoms with van der Waals surface area (Å²) in [6.07, 6.45) is 1.68. The first kappa shape index (κ1) is 24.2. The van der Waals surface area contributed by atoms with Gasteiger partial charge in [0.2, 0.25) is 5.89 Å². The number of anilines is 1. The Morgan fingerprint density at radius 1 is 1.09 bits per heavy atom. The minimum absolute atomic E-state index is 0.267. The summed E-state index contributed by atoms with van der Waals surface area (Å²) in [7, 11) is 7.07. The standard InChI is InChI=1S/C26H29N5O4/c1-27-10-11-31(2)16-17-12-19(26-30-24-22(35-26)6-5-9-28-24)14-20(13-17)29-25(32)18-7-8-21(33-3)23(15-18)34-4/h5-9,12-15,27H,10-11,16H2,1-4H3,(H,29,32). The normalized spacial score (nSPS) is 11.1. The number of hydrogen-bond acceptors (Lipinski definition) is 8. The van der Waals surface area contributed by atoms with Crippen LogP contribution in [0.3, 0.4) is 0 Å². The highest BCUT2D eigenvalue weighted by Gasteiger charge is 2.15. The molecule has 0 aliphatic carbocycles. The number of ether oxygens (including phenoxy) is 2. The maximum absolute atomic E-state index is 13.1. The first-order valence-electron chi connectivity index (χ1n) is 11.2. The van der Waals surface area contributed by atoms with Gasteiger partial charge in [0.15, 0.2) is 22.7 Å². The van der Waals surface area contributed by atoms with Crippen LogP contribution in [0.25, 0.3) is 22.7 Å². The lowest BCUT2D eigenvalue weighted by molar-refractivity contribution is 0.102. The molecular formula is C26H29N5O4. The monoisotopic (exact) mass is 475 g/mol. The zero-order valence-corrected chi connectivity index (χ0v) is 20.3. The number of carbonyl (C=O) groups is 1. The van der Waals surface area contributed by atoms with Crippen molar-refractivity contribution in [1.82, 2.24) is 20.2 Å². The van der Waals surface area contributed by atoms with Gasteiger partial charge in [0.25, 0.3) is 5.91 Å². The molecule has 0 radical (unpaired) electrons. The zero-order valence-electron chi connectivity index (χ0n) is 20.3. The van der Waals surface area contributed by atoms with Crippen molar-refractivity contribution < 1.29 is 18.7 Å². The maximum atomic E-state index is 13.1. The van der Waals surface area contributed by atoms with Crippen molar-refractivity contribution in [2.45, 2.75) is 6.54 Å². The number of benzene rings is 2. The average molecular weight is 476 g/mol. The number of amides is 1. The van der Waals surface area contributed by atoms with E-state index in [-0.39, 0.29) is 5.91 Å². The van der Waals surface area contributed by atoms with Crippen molar-refractivity contribution in [1.29, 1.82) is 0 Å². The van der Waals surface area contributed by atoms with E-state index in [1.165, 1.54) is 7.11 Å². The number of nitrogens with one attached hydrogen (secondary N) is 2. The molecule has 0 saturated carbocycles.